The van der Waals surface area contributed by atoms with Gasteiger partial charge in [0, 0.05) is 23.6 Å². The third-order valence-electron chi connectivity index (χ3n) is 4.19. The number of likely N-dealkylation sites (tertiary alicyclic amines) is 1. The van der Waals surface area contributed by atoms with Crippen molar-refractivity contribution in [1.29, 1.82) is 0 Å². The molecule has 0 aromatic heterocycles. The van der Waals surface area contributed by atoms with Gasteiger partial charge in [-0.2, -0.15) is 0 Å². The van der Waals surface area contributed by atoms with Crippen molar-refractivity contribution >= 4 is 15.9 Å². The molecule has 1 saturated heterocycles. The van der Waals surface area contributed by atoms with Gasteiger partial charge in [0.25, 0.3) is 0 Å². The monoisotopic (exact) mass is 324 g/mol. The summed E-state index contributed by atoms with van der Waals surface area (Å²) in [4.78, 5) is 2.57. The van der Waals surface area contributed by atoms with Crippen LogP contribution in [0.3, 0.4) is 0 Å². The third kappa shape index (κ3) is 3.59. The second kappa shape index (κ2) is 6.87. The number of benzene rings is 1. The summed E-state index contributed by atoms with van der Waals surface area (Å²) in [7, 11) is 0. The molecule has 106 valence electrons. The van der Waals surface area contributed by atoms with Crippen LogP contribution in [-0.2, 0) is 0 Å². The molecule has 0 bridgehead atoms. The second-order valence-corrected chi connectivity index (χ2v) is 6.57. The number of hydrogen-bond donors (Lipinski definition) is 1. The summed E-state index contributed by atoms with van der Waals surface area (Å²) in [5.74, 6) is 0.864. The summed E-state index contributed by atoms with van der Waals surface area (Å²) in [5.41, 5.74) is 8.68. The van der Waals surface area contributed by atoms with E-state index < -0.39 is 0 Å². The smallest absolute Gasteiger partial charge is 0.0481 e. The number of nitrogens with zero attached hydrogens (tertiary/aromatic N) is 1. The van der Waals surface area contributed by atoms with E-state index in [1.165, 1.54) is 48.0 Å². The standard InChI is InChI=1S/C16H25BrN2/c1-3-4-13-7-8-19(11-13)16(10-18)14-6-5-12(2)9-15(14)17/h5-6,9,13,16H,3-4,7-8,10-11,18H2,1-2H3. The predicted octanol–water partition coefficient (Wildman–Crippen LogP) is 3.88. The zero-order valence-electron chi connectivity index (χ0n) is 12.0. The Balaban J connectivity index is 2.12. The number of hydrogen-bond acceptors (Lipinski definition) is 2. The summed E-state index contributed by atoms with van der Waals surface area (Å²) >= 11 is 3.70. The molecule has 0 saturated carbocycles. The number of rotatable bonds is 5. The van der Waals surface area contributed by atoms with E-state index >= 15 is 0 Å². The van der Waals surface area contributed by atoms with E-state index in [2.05, 4.69) is 52.9 Å². The molecule has 2 nitrogen and oxygen atoms in total. The maximum absolute atomic E-state index is 6.05. The first kappa shape index (κ1) is 15.0. The number of nitrogens with two attached hydrogens (primary N) is 1. The molecule has 1 aromatic rings. The summed E-state index contributed by atoms with van der Waals surface area (Å²) in [6.45, 7) is 7.49. The molecule has 0 amide bonds. The first-order chi connectivity index (χ1) is 9.15. The van der Waals surface area contributed by atoms with Gasteiger partial charge in [0.05, 0.1) is 0 Å². The van der Waals surface area contributed by atoms with Gasteiger partial charge in [0.2, 0.25) is 0 Å². The van der Waals surface area contributed by atoms with Crippen molar-refractivity contribution in [3.8, 4) is 0 Å². The third-order valence-corrected chi connectivity index (χ3v) is 4.88. The van der Waals surface area contributed by atoms with Gasteiger partial charge in [-0.3, -0.25) is 4.90 Å². The fraction of sp³-hybridized carbons (Fsp3) is 0.625. The Morgan fingerprint density at radius 1 is 1.47 bits per heavy atom. The van der Waals surface area contributed by atoms with Crippen LogP contribution in [0.25, 0.3) is 0 Å². The Morgan fingerprint density at radius 2 is 2.26 bits per heavy atom. The van der Waals surface area contributed by atoms with Crippen LogP contribution >= 0.6 is 15.9 Å². The van der Waals surface area contributed by atoms with Crippen LogP contribution in [0.2, 0.25) is 0 Å². The van der Waals surface area contributed by atoms with Gasteiger partial charge in [-0.05, 0) is 49.4 Å². The summed E-state index contributed by atoms with van der Waals surface area (Å²) in [5, 5.41) is 0. The van der Waals surface area contributed by atoms with Crippen molar-refractivity contribution in [3.05, 3.63) is 33.8 Å². The van der Waals surface area contributed by atoms with Crippen molar-refractivity contribution in [2.45, 2.75) is 39.2 Å². The lowest BCUT2D eigenvalue weighted by Crippen LogP contribution is -2.32. The molecule has 2 atom stereocenters. The van der Waals surface area contributed by atoms with E-state index in [-0.39, 0.29) is 0 Å². The average Bonchev–Trinajstić information content (AvgIpc) is 2.82. The molecule has 1 aliphatic heterocycles. The van der Waals surface area contributed by atoms with Gasteiger partial charge in [-0.15, -0.1) is 0 Å². The molecule has 1 aromatic carbocycles. The van der Waals surface area contributed by atoms with Gasteiger partial charge in [-0.1, -0.05) is 41.4 Å². The highest BCUT2D eigenvalue weighted by molar-refractivity contribution is 9.10. The van der Waals surface area contributed by atoms with E-state index in [4.69, 9.17) is 5.73 Å². The molecule has 2 rings (SSSR count). The van der Waals surface area contributed by atoms with Gasteiger partial charge < -0.3 is 5.73 Å². The zero-order chi connectivity index (χ0) is 13.8. The van der Waals surface area contributed by atoms with Gasteiger partial charge in [0.15, 0.2) is 0 Å². The van der Waals surface area contributed by atoms with Crippen LogP contribution in [0.5, 0.6) is 0 Å². The zero-order valence-corrected chi connectivity index (χ0v) is 13.6. The lowest BCUT2D eigenvalue weighted by molar-refractivity contribution is 0.239. The van der Waals surface area contributed by atoms with Crippen LogP contribution in [0, 0.1) is 12.8 Å². The normalized spacial score (nSPS) is 21.8. The van der Waals surface area contributed by atoms with Gasteiger partial charge >= 0.3 is 0 Å². The molecule has 1 aliphatic rings. The van der Waals surface area contributed by atoms with E-state index in [0.717, 1.165) is 5.92 Å². The van der Waals surface area contributed by atoms with Crippen molar-refractivity contribution in [2.24, 2.45) is 11.7 Å². The number of aryl methyl sites for hydroxylation is 1. The fourth-order valence-electron chi connectivity index (χ4n) is 3.16. The average molecular weight is 325 g/mol. The quantitative estimate of drug-likeness (QED) is 0.890. The second-order valence-electron chi connectivity index (χ2n) is 5.71. The fourth-order valence-corrected chi connectivity index (χ4v) is 3.92. The maximum Gasteiger partial charge on any atom is 0.0481 e. The van der Waals surface area contributed by atoms with Gasteiger partial charge in [0.1, 0.15) is 0 Å². The molecular weight excluding hydrogens is 300 g/mol. The highest BCUT2D eigenvalue weighted by Crippen LogP contribution is 2.33. The lowest BCUT2D eigenvalue weighted by Gasteiger charge is -2.28. The van der Waals surface area contributed by atoms with Crippen LogP contribution in [0.1, 0.15) is 43.4 Å². The molecule has 1 fully saturated rings. The highest BCUT2D eigenvalue weighted by atomic mass is 79.9. The van der Waals surface area contributed by atoms with E-state index in [1.807, 2.05) is 0 Å². The number of halogens is 1. The molecule has 2 N–H and O–H groups in total. The molecule has 0 radical (unpaired) electrons. The van der Waals surface area contributed by atoms with Crippen LogP contribution < -0.4 is 5.73 Å². The Labute approximate surface area is 125 Å². The minimum Gasteiger partial charge on any atom is -0.329 e. The topological polar surface area (TPSA) is 29.3 Å². The Kier molecular flexibility index (Phi) is 5.43. The van der Waals surface area contributed by atoms with Crippen molar-refractivity contribution in [3.63, 3.8) is 0 Å². The Hall–Kier alpha value is -0.380. The van der Waals surface area contributed by atoms with E-state index in [1.54, 1.807) is 0 Å². The Morgan fingerprint density at radius 3 is 2.89 bits per heavy atom. The molecular formula is C16H25BrN2. The molecule has 1 heterocycles. The highest BCUT2D eigenvalue weighted by Gasteiger charge is 2.28. The summed E-state index contributed by atoms with van der Waals surface area (Å²) in [6, 6.07) is 6.96. The van der Waals surface area contributed by atoms with Crippen LogP contribution in [-0.4, -0.2) is 24.5 Å². The van der Waals surface area contributed by atoms with Gasteiger partial charge in [-0.25, -0.2) is 0 Å². The largest absolute Gasteiger partial charge is 0.329 e. The van der Waals surface area contributed by atoms with Crippen LogP contribution in [0.15, 0.2) is 22.7 Å². The SMILES string of the molecule is CCCC1CCN(C(CN)c2ccc(C)cc2Br)C1. The summed E-state index contributed by atoms with van der Waals surface area (Å²) in [6.07, 6.45) is 3.97. The maximum atomic E-state index is 6.05. The molecule has 3 heteroatoms. The first-order valence-corrected chi connectivity index (χ1v) is 8.15. The molecule has 0 spiro atoms. The minimum atomic E-state index is 0.358. The van der Waals surface area contributed by atoms with Crippen LogP contribution in [0.4, 0.5) is 0 Å². The first-order valence-electron chi connectivity index (χ1n) is 7.35. The van der Waals surface area contributed by atoms with Crippen molar-refractivity contribution < 1.29 is 0 Å². The van der Waals surface area contributed by atoms with E-state index in [0.29, 0.717) is 12.6 Å². The molecule has 2 unspecified atom stereocenters. The molecule has 19 heavy (non-hydrogen) atoms. The lowest BCUT2D eigenvalue weighted by atomic mass is 10.0. The van der Waals surface area contributed by atoms with Crippen molar-refractivity contribution in [1.82, 2.24) is 4.90 Å². The molecule has 0 aliphatic carbocycles. The van der Waals surface area contributed by atoms with E-state index in [9.17, 15) is 0 Å². The Bertz CT molecular complexity index is 419. The summed E-state index contributed by atoms with van der Waals surface area (Å²) < 4.78 is 1.20. The predicted molar refractivity (Wildman–Crippen MR) is 85.3 cm³/mol. The van der Waals surface area contributed by atoms with Crippen molar-refractivity contribution in [2.75, 3.05) is 19.6 Å². The minimum absolute atomic E-state index is 0.358.